The fourth-order valence-corrected chi connectivity index (χ4v) is 3.00. The van der Waals surface area contributed by atoms with Crippen LogP contribution in [0.15, 0.2) is 29.7 Å². The van der Waals surface area contributed by atoms with Crippen LogP contribution in [0.25, 0.3) is 0 Å². The average Bonchev–Trinajstić information content (AvgIpc) is 2.31. The molecule has 110 valence electrons. The number of nitrogens with one attached hydrogen (secondary N) is 1. The Morgan fingerprint density at radius 1 is 1.55 bits per heavy atom. The molecule has 1 rings (SSSR count). The van der Waals surface area contributed by atoms with E-state index in [9.17, 15) is 22.9 Å². The Balaban J connectivity index is 3.26. The minimum atomic E-state index is -3.95. The van der Waals surface area contributed by atoms with Crippen LogP contribution in [-0.2, 0) is 10.0 Å². The SMILES string of the molecule is C=CCC(C)NS(=O)(=O)c1cc(C)c(F)c([N+](=O)[O-])c1. The summed E-state index contributed by atoms with van der Waals surface area (Å²) in [5, 5.41) is 10.7. The van der Waals surface area contributed by atoms with Crippen LogP contribution in [0.5, 0.6) is 0 Å². The first kappa shape index (κ1) is 16.3. The maximum absolute atomic E-state index is 13.5. The summed E-state index contributed by atoms with van der Waals surface area (Å²) in [6.45, 7) is 6.39. The molecule has 20 heavy (non-hydrogen) atoms. The molecule has 0 heterocycles. The fourth-order valence-electron chi connectivity index (χ4n) is 1.64. The van der Waals surface area contributed by atoms with Gasteiger partial charge in [-0.25, -0.2) is 13.1 Å². The quantitative estimate of drug-likeness (QED) is 0.496. The molecule has 0 aliphatic rings. The molecule has 0 bridgehead atoms. The summed E-state index contributed by atoms with van der Waals surface area (Å²) in [6, 6.07) is 1.36. The van der Waals surface area contributed by atoms with E-state index in [-0.39, 0.29) is 10.5 Å². The van der Waals surface area contributed by atoms with Gasteiger partial charge in [0.1, 0.15) is 0 Å². The van der Waals surface area contributed by atoms with Gasteiger partial charge in [0, 0.05) is 12.1 Å². The second-order valence-corrected chi connectivity index (χ2v) is 6.09. The van der Waals surface area contributed by atoms with E-state index in [1.807, 2.05) is 0 Å². The monoisotopic (exact) mass is 302 g/mol. The van der Waals surface area contributed by atoms with E-state index in [2.05, 4.69) is 11.3 Å². The Labute approximate surface area is 116 Å². The van der Waals surface area contributed by atoms with Crippen LogP contribution in [0.4, 0.5) is 10.1 Å². The van der Waals surface area contributed by atoms with E-state index < -0.39 is 32.5 Å². The summed E-state index contributed by atoms with van der Waals surface area (Å²) in [5.74, 6) is -1.03. The van der Waals surface area contributed by atoms with Gasteiger partial charge in [0.05, 0.1) is 9.82 Å². The number of aryl methyl sites for hydroxylation is 1. The lowest BCUT2D eigenvalue weighted by molar-refractivity contribution is -0.387. The van der Waals surface area contributed by atoms with Crippen LogP contribution < -0.4 is 4.72 Å². The molecule has 0 aliphatic carbocycles. The summed E-state index contributed by atoms with van der Waals surface area (Å²) in [7, 11) is -3.95. The van der Waals surface area contributed by atoms with Gasteiger partial charge < -0.3 is 0 Å². The zero-order valence-corrected chi connectivity index (χ0v) is 11.9. The zero-order valence-electron chi connectivity index (χ0n) is 11.1. The minimum Gasteiger partial charge on any atom is -0.258 e. The van der Waals surface area contributed by atoms with Crippen molar-refractivity contribution in [2.45, 2.75) is 31.2 Å². The predicted molar refractivity (Wildman–Crippen MR) is 72.4 cm³/mol. The predicted octanol–water partition coefficient (Wildman–Crippen LogP) is 2.29. The van der Waals surface area contributed by atoms with Crippen molar-refractivity contribution < 1.29 is 17.7 Å². The van der Waals surface area contributed by atoms with Gasteiger partial charge in [-0.2, -0.15) is 4.39 Å². The Bertz CT molecular complexity index is 643. The Kier molecular flexibility index (Phi) is 4.96. The van der Waals surface area contributed by atoms with E-state index in [4.69, 9.17) is 0 Å². The molecule has 6 nitrogen and oxygen atoms in total. The summed E-state index contributed by atoms with van der Waals surface area (Å²) < 4.78 is 40.0. The van der Waals surface area contributed by atoms with Gasteiger partial charge in [0.2, 0.25) is 15.8 Å². The highest BCUT2D eigenvalue weighted by molar-refractivity contribution is 7.89. The normalized spacial score (nSPS) is 12.9. The molecule has 0 radical (unpaired) electrons. The first-order chi connectivity index (χ1) is 9.19. The summed E-state index contributed by atoms with van der Waals surface area (Å²) in [6.07, 6.45) is 1.95. The smallest absolute Gasteiger partial charge is 0.258 e. The highest BCUT2D eigenvalue weighted by Gasteiger charge is 2.24. The van der Waals surface area contributed by atoms with Crippen LogP contribution in [0.1, 0.15) is 18.9 Å². The number of benzene rings is 1. The number of nitro benzene ring substituents is 1. The lowest BCUT2D eigenvalue weighted by Crippen LogP contribution is -2.32. The van der Waals surface area contributed by atoms with E-state index in [1.165, 1.54) is 6.92 Å². The Hall–Kier alpha value is -1.80. The van der Waals surface area contributed by atoms with Crippen LogP contribution in [0.3, 0.4) is 0 Å². The average molecular weight is 302 g/mol. The van der Waals surface area contributed by atoms with Crippen molar-refractivity contribution >= 4 is 15.7 Å². The van der Waals surface area contributed by atoms with Gasteiger partial charge in [-0.3, -0.25) is 10.1 Å². The third-order valence-corrected chi connectivity index (χ3v) is 4.16. The molecule has 1 N–H and O–H groups in total. The zero-order chi connectivity index (χ0) is 15.5. The third kappa shape index (κ3) is 3.61. The van der Waals surface area contributed by atoms with Gasteiger partial charge in [-0.1, -0.05) is 6.08 Å². The highest BCUT2D eigenvalue weighted by atomic mass is 32.2. The molecule has 0 fully saturated rings. The molecule has 0 saturated carbocycles. The third-order valence-electron chi connectivity index (χ3n) is 2.59. The Morgan fingerprint density at radius 3 is 2.65 bits per heavy atom. The van der Waals surface area contributed by atoms with E-state index in [1.54, 1.807) is 13.0 Å². The minimum absolute atomic E-state index is 0.101. The summed E-state index contributed by atoms with van der Waals surface area (Å²) in [5.41, 5.74) is -0.960. The van der Waals surface area contributed by atoms with Gasteiger partial charge >= 0.3 is 5.69 Å². The number of rotatable bonds is 6. The van der Waals surface area contributed by atoms with Crippen LogP contribution in [0, 0.1) is 22.9 Å². The van der Waals surface area contributed by atoms with E-state index in [0.29, 0.717) is 12.5 Å². The Morgan fingerprint density at radius 2 is 2.15 bits per heavy atom. The molecular formula is C12H15FN2O4S. The maximum Gasteiger partial charge on any atom is 0.306 e. The van der Waals surface area contributed by atoms with E-state index >= 15 is 0 Å². The second-order valence-electron chi connectivity index (χ2n) is 4.38. The number of nitrogens with zero attached hydrogens (tertiary/aromatic N) is 1. The molecule has 1 unspecified atom stereocenters. The van der Waals surface area contributed by atoms with Crippen molar-refractivity contribution in [3.63, 3.8) is 0 Å². The molecule has 0 spiro atoms. The summed E-state index contributed by atoms with van der Waals surface area (Å²) >= 11 is 0. The molecule has 8 heteroatoms. The number of nitro groups is 1. The topological polar surface area (TPSA) is 89.3 Å². The molecule has 0 aromatic heterocycles. The van der Waals surface area contributed by atoms with Gasteiger partial charge in [0.15, 0.2) is 0 Å². The van der Waals surface area contributed by atoms with Gasteiger partial charge in [-0.05, 0) is 31.9 Å². The van der Waals surface area contributed by atoms with Crippen molar-refractivity contribution in [3.8, 4) is 0 Å². The number of hydrogen-bond acceptors (Lipinski definition) is 4. The number of halogens is 1. The number of sulfonamides is 1. The van der Waals surface area contributed by atoms with Crippen molar-refractivity contribution in [3.05, 3.63) is 46.3 Å². The molecule has 0 aliphatic heterocycles. The van der Waals surface area contributed by atoms with Crippen LogP contribution in [-0.4, -0.2) is 19.4 Å². The molecule has 1 atom stereocenters. The highest BCUT2D eigenvalue weighted by Crippen LogP contribution is 2.25. The van der Waals surface area contributed by atoms with E-state index in [0.717, 1.165) is 6.07 Å². The lowest BCUT2D eigenvalue weighted by atomic mass is 10.2. The first-order valence-electron chi connectivity index (χ1n) is 5.76. The van der Waals surface area contributed by atoms with Crippen molar-refractivity contribution in [1.82, 2.24) is 4.72 Å². The van der Waals surface area contributed by atoms with Crippen molar-refractivity contribution in [2.75, 3.05) is 0 Å². The standard InChI is InChI=1S/C12H15FN2O4S/c1-4-5-9(3)14-20(18,19)10-6-8(2)12(13)11(7-10)15(16)17/h4,6-7,9,14H,1,5H2,2-3H3. The van der Waals surface area contributed by atoms with Crippen molar-refractivity contribution in [1.29, 1.82) is 0 Å². The van der Waals surface area contributed by atoms with Crippen LogP contribution in [0.2, 0.25) is 0 Å². The maximum atomic E-state index is 13.5. The van der Waals surface area contributed by atoms with Gasteiger partial charge in [0.25, 0.3) is 0 Å². The molecular weight excluding hydrogens is 287 g/mol. The molecule has 1 aromatic rings. The second kappa shape index (κ2) is 6.10. The summed E-state index contributed by atoms with van der Waals surface area (Å²) in [4.78, 5) is 9.43. The first-order valence-corrected chi connectivity index (χ1v) is 7.25. The molecule has 0 saturated heterocycles. The van der Waals surface area contributed by atoms with Crippen LogP contribution >= 0.6 is 0 Å². The largest absolute Gasteiger partial charge is 0.306 e. The molecule has 1 aromatic carbocycles. The molecule has 0 amide bonds. The van der Waals surface area contributed by atoms with Gasteiger partial charge in [-0.15, -0.1) is 6.58 Å². The fraction of sp³-hybridized carbons (Fsp3) is 0.333. The number of hydrogen-bond donors (Lipinski definition) is 1. The lowest BCUT2D eigenvalue weighted by Gasteiger charge is -2.13. The van der Waals surface area contributed by atoms with Crippen molar-refractivity contribution in [2.24, 2.45) is 0 Å².